The first-order chi connectivity index (χ1) is 14.1. The highest BCUT2D eigenvalue weighted by molar-refractivity contribution is 6.30. The summed E-state index contributed by atoms with van der Waals surface area (Å²) >= 11 is 5.68. The van der Waals surface area contributed by atoms with Crippen molar-refractivity contribution in [2.75, 3.05) is 12.4 Å². The molecule has 4 rings (SSSR count). The van der Waals surface area contributed by atoms with Gasteiger partial charge in [0.1, 0.15) is 10.7 Å². The highest BCUT2D eigenvalue weighted by Gasteiger charge is 2.36. The van der Waals surface area contributed by atoms with Crippen molar-refractivity contribution in [2.45, 2.75) is 50.4 Å². The number of aromatic nitrogens is 2. The van der Waals surface area contributed by atoms with Crippen LogP contribution in [0.4, 0.5) is 24.8 Å². The Morgan fingerprint density at radius 3 is 2.57 bits per heavy atom. The van der Waals surface area contributed by atoms with Crippen molar-refractivity contribution in [2.24, 2.45) is 0 Å². The normalized spacial score (nSPS) is 21.7. The minimum Gasteiger partial charge on any atom is -0.393 e. The van der Waals surface area contributed by atoms with E-state index in [1.54, 1.807) is 18.0 Å². The lowest BCUT2D eigenvalue weighted by molar-refractivity contribution is -0.137. The van der Waals surface area contributed by atoms with Gasteiger partial charge in [-0.2, -0.15) is 13.2 Å². The first kappa shape index (κ1) is 20.9. The van der Waals surface area contributed by atoms with Gasteiger partial charge in [-0.05, 0) is 48.8 Å². The van der Waals surface area contributed by atoms with Crippen LogP contribution in [0, 0.1) is 0 Å². The molecule has 2 N–H and O–H groups in total. The molecule has 0 saturated heterocycles. The van der Waals surface area contributed by atoms with Crippen LogP contribution >= 0.6 is 11.6 Å². The summed E-state index contributed by atoms with van der Waals surface area (Å²) in [6.07, 6.45) is -1.17. The Balaban J connectivity index is 1.68. The number of amides is 1. The van der Waals surface area contributed by atoms with E-state index in [0.717, 1.165) is 36.8 Å². The molecule has 1 aliphatic heterocycles. The quantitative estimate of drug-likeness (QED) is 0.687. The van der Waals surface area contributed by atoms with Gasteiger partial charge >= 0.3 is 6.18 Å². The second kappa shape index (κ2) is 7.70. The van der Waals surface area contributed by atoms with Gasteiger partial charge in [-0.3, -0.25) is 4.79 Å². The molecule has 10 heteroatoms. The minimum absolute atomic E-state index is 0.119. The number of carbonyl (C=O) groups is 1. The van der Waals surface area contributed by atoms with E-state index >= 15 is 0 Å². The maximum absolute atomic E-state index is 12.9. The van der Waals surface area contributed by atoms with E-state index < -0.39 is 16.9 Å². The molecule has 160 valence electrons. The van der Waals surface area contributed by atoms with E-state index in [2.05, 4.69) is 15.3 Å². The zero-order valence-electron chi connectivity index (χ0n) is 16.1. The van der Waals surface area contributed by atoms with Gasteiger partial charge < -0.3 is 15.3 Å². The van der Waals surface area contributed by atoms with Crippen LogP contribution in [0.1, 0.15) is 58.6 Å². The van der Waals surface area contributed by atoms with Crippen LogP contribution in [0.3, 0.4) is 0 Å². The molecule has 1 aromatic heterocycles. The number of aliphatic hydroxyl groups excluding tert-OH is 1. The Hall–Kier alpha value is -2.39. The van der Waals surface area contributed by atoms with Crippen molar-refractivity contribution >= 4 is 29.1 Å². The second-order valence-electron chi connectivity index (χ2n) is 7.74. The molecule has 30 heavy (non-hydrogen) atoms. The molecule has 2 heterocycles. The number of hydrogen-bond donors (Lipinski definition) is 2. The van der Waals surface area contributed by atoms with Crippen molar-refractivity contribution in [3.05, 3.63) is 45.7 Å². The zero-order valence-corrected chi connectivity index (χ0v) is 16.9. The molecule has 0 unspecified atom stereocenters. The molecule has 2 aromatic rings. The number of alkyl halides is 3. The molecule has 1 amide bonds. The van der Waals surface area contributed by atoms with E-state index in [0.29, 0.717) is 24.0 Å². The summed E-state index contributed by atoms with van der Waals surface area (Å²) in [6, 6.07) is 3.66. The molecule has 0 radical (unpaired) electrons. The molecule has 1 saturated carbocycles. The van der Waals surface area contributed by atoms with E-state index in [9.17, 15) is 23.1 Å². The van der Waals surface area contributed by atoms with Crippen LogP contribution in [0.2, 0.25) is 5.15 Å². The highest BCUT2D eigenvalue weighted by atomic mass is 35.5. The molecule has 2 aliphatic rings. The van der Waals surface area contributed by atoms with Crippen LogP contribution in [0.25, 0.3) is 0 Å². The molecule has 0 spiro atoms. The van der Waals surface area contributed by atoms with Gasteiger partial charge in [0.2, 0.25) is 5.95 Å². The van der Waals surface area contributed by atoms with Gasteiger partial charge in [-0.1, -0.05) is 17.7 Å². The molecular formula is C20H20ClF3N4O2. The first-order valence-corrected chi connectivity index (χ1v) is 9.99. The van der Waals surface area contributed by atoms with Crippen molar-refractivity contribution in [3.8, 4) is 0 Å². The standard InChI is InChI=1S/C20H20ClF3N4O2/c1-28-9-13-12(10-2-4-11(29)5-3-10)6-7-15(16(13)18(28)30)26-19-25-8-14(17(21)27-19)20(22,23)24/h6-8,10-11,29H,2-5,9H2,1H3,(H,25,26,27). The van der Waals surface area contributed by atoms with E-state index in [1.165, 1.54) is 0 Å². The van der Waals surface area contributed by atoms with Crippen LogP contribution < -0.4 is 5.32 Å². The fourth-order valence-electron chi connectivity index (χ4n) is 4.18. The van der Waals surface area contributed by atoms with Crippen LogP contribution in [0.15, 0.2) is 18.3 Å². The van der Waals surface area contributed by atoms with Crippen molar-refractivity contribution in [1.29, 1.82) is 0 Å². The number of fused-ring (bicyclic) bond motifs is 1. The largest absolute Gasteiger partial charge is 0.420 e. The first-order valence-electron chi connectivity index (χ1n) is 9.61. The monoisotopic (exact) mass is 440 g/mol. The maximum atomic E-state index is 12.9. The zero-order chi connectivity index (χ0) is 21.6. The lowest BCUT2D eigenvalue weighted by atomic mass is 9.80. The Bertz CT molecular complexity index is 991. The third-order valence-electron chi connectivity index (χ3n) is 5.74. The summed E-state index contributed by atoms with van der Waals surface area (Å²) < 4.78 is 38.6. The number of rotatable bonds is 3. The van der Waals surface area contributed by atoms with Crippen molar-refractivity contribution in [1.82, 2.24) is 14.9 Å². The third-order valence-corrected chi connectivity index (χ3v) is 6.02. The predicted molar refractivity (Wildman–Crippen MR) is 105 cm³/mol. The molecule has 1 fully saturated rings. The number of nitrogens with zero attached hydrogens (tertiary/aromatic N) is 3. The average Bonchev–Trinajstić information content (AvgIpc) is 2.97. The number of benzene rings is 1. The highest BCUT2D eigenvalue weighted by Crippen LogP contribution is 2.41. The maximum Gasteiger partial charge on any atom is 0.420 e. The molecule has 1 aliphatic carbocycles. The van der Waals surface area contributed by atoms with E-state index in [4.69, 9.17) is 11.6 Å². The van der Waals surface area contributed by atoms with Gasteiger partial charge in [-0.15, -0.1) is 0 Å². The fourth-order valence-corrected chi connectivity index (χ4v) is 4.42. The molecule has 0 bridgehead atoms. The Kier molecular flexibility index (Phi) is 5.36. The molecule has 1 aromatic carbocycles. The van der Waals surface area contributed by atoms with Crippen LogP contribution in [-0.2, 0) is 12.7 Å². The van der Waals surface area contributed by atoms with Crippen LogP contribution in [-0.4, -0.2) is 39.0 Å². The van der Waals surface area contributed by atoms with Gasteiger partial charge in [0.25, 0.3) is 5.91 Å². The van der Waals surface area contributed by atoms with Crippen LogP contribution in [0.5, 0.6) is 0 Å². The third kappa shape index (κ3) is 3.83. The van der Waals surface area contributed by atoms with Crippen molar-refractivity contribution in [3.63, 3.8) is 0 Å². The Morgan fingerprint density at radius 2 is 1.93 bits per heavy atom. The summed E-state index contributed by atoms with van der Waals surface area (Å²) in [7, 11) is 1.70. The number of carbonyl (C=O) groups excluding carboxylic acids is 1. The van der Waals surface area contributed by atoms with Gasteiger partial charge in [0.05, 0.1) is 17.4 Å². The summed E-state index contributed by atoms with van der Waals surface area (Å²) in [4.78, 5) is 21.8. The predicted octanol–water partition coefficient (Wildman–Crippen LogP) is 4.50. The lowest BCUT2D eigenvalue weighted by Crippen LogP contribution is -2.18. The number of anilines is 2. The average molecular weight is 441 g/mol. The number of halogens is 4. The lowest BCUT2D eigenvalue weighted by Gasteiger charge is -2.27. The van der Waals surface area contributed by atoms with Crippen molar-refractivity contribution < 1.29 is 23.1 Å². The fraction of sp³-hybridized carbons (Fsp3) is 0.450. The van der Waals surface area contributed by atoms with E-state index in [-0.39, 0.29) is 23.9 Å². The Labute approximate surface area is 176 Å². The number of aliphatic hydroxyl groups is 1. The summed E-state index contributed by atoms with van der Waals surface area (Å²) in [5.74, 6) is -0.0402. The second-order valence-corrected chi connectivity index (χ2v) is 8.10. The van der Waals surface area contributed by atoms with Gasteiger partial charge in [0, 0.05) is 19.8 Å². The summed E-state index contributed by atoms with van der Waals surface area (Å²) in [5.41, 5.74) is 1.75. The molecular weight excluding hydrogens is 421 g/mol. The number of hydrogen-bond acceptors (Lipinski definition) is 5. The minimum atomic E-state index is -4.65. The SMILES string of the molecule is CN1Cc2c(C3CCC(O)CC3)ccc(Nc3ncc(C(F)(F)F)c(Cl)n3)c2C1=O. The van der Waals surface area contributed by atoms with E-state index in [1.807, 2.05) is 6.07 Å². The molecule has 0 atom stereocenters. The number of nitrogens with one attached hydrogen (secondary N) is 1. The Morgan fingerprint density at radius 1 is 1.23 bits per heavy atom. The van der Waals surface area contributed by atoms with Gasteiger partial charge in [-0.25, -0.2) is 9.97 Å². The summed E-state index contributed by atoms with van der Waals surface area (Å²) in [6.45, 7) is 0.451. The molecule has 6 nitrogen and oxygen atoms in total. The topological polar surface area (TPSA) is 78.3 Å². The smallest absolute Gasteiger partial charge is 0.393 e. The van der Waals surface area contributed by atoms with Gasteiger partial charge in [0.15, 0.2) is 0 Å². The summed E-state index contributed by atoms with van der Waals surface area (Å²) in [5, 5.41) is 11.9.